The highest BCUT2D eigenvalue weighted by Crippen LogP contribution is 2.30. The first-order valence-corrected chi connectivity index (χ1v) is 10.4. The Balaban J connectivity index is 1.67. The molecule has 0 aromatic heterocycles. The molecule has 1 amide bonds. The largest absolute Gasteiger partial charge is 0.449 e. The second kappa shape index (κ2) is 7.86. The van der Waals surface area contributed by atoms with Crippen molar-refractivity contribution < 1.29 is 14.3 Å². The molecular weight excluding hydrogens is 362 g/mol. The zero-order valence-corrected chi connectivity index (χ0v) is 17.2. The van der Waals surface area contributed by atoms with Gasteiger partial charge in [-0.1, -0.05) is 48.5 Å². The van der Waals surface area contributed by atoms with Crippen LogP contribution < -0.4 is 0 Å². The Morgan fingerprint density at radius 1 is 0.931 bits per heavy atom. The van der Waals surface area contributed by atoms with E-state index in [9.17, 15) is 9.59 Å². The SMILES string of the molecule is C[C@@H]1CCC[C@H](C)N1C(=O)[C@@H](C)OC(=O)c1c2ccccc2cc2ccccc12. The van der Waals surface area contributed by atoms with Gasteiger partial charge in [-0.15, -0.1) is 0 Å². The molecule has 0 radical (unpaired) electrons. The van der Waals surface area contributed by atoms with E-state index in [2.05, 4.69) is 19.9 Å². The topological polar surface area (TPSA) is 46.6 Å². The lowest BCUT2D eigenvalue weighted by molar-refractivity contribution is -0.146. The number of carbonyl (C=O) groups excluding carboxylic acids is 2. The molecule has 4 nitrogen and oxygen atoms in total. The van der Waals surface area contributed by atoms with Gasteiger partial charge in [0.15, 0.2) is 6.10 Å². The lowest BCUT2D eigenvalue weighted by Crippen LogP contribution is -2.51. The molecule has 3 atom stereocenters. The number of rotatable bonds is 3. The minimum absolute atomic E-state index is 0.109. The minimum Gasteiger partial charge on any atom is -0.449 e. The smallest absolute Gasteiger partial charge is 0.340 e. The van der Waals surface area contributed by atoms with E-state index in [4.69, 9.17) is 4.74 Å². The predicted molar refractivity (Wildman–Crippen MR) is 116 cm³/mol. The van der Waals surface area contributed by atoms with Crippen LogP contribution in [0.3, 0.4) is 0 Å². The Morgan fingerprint density at radius 2 is 1.45 bits per heavy atom. The van der Waals surface area contributed by atoms with Gasteiger partial charge in [-0.25, -0.2) is 4.79 Å². The molecule has 1 aliphatic rings. The fourth-order valence-corrected chi connectivity index (χ4v) is 4.57. The number of ether oxygens (including phenoxy) is 1. The molecule has 150 valence electrons. The molecule has 1 aliphatic heterocycles. The molecule has 3 aromatic rings. The Labute approximate surface area is 171 Å². The molecule has 0 bridgehead atoms. The standard InChI is InChI=1S/C25H27NO3/c1-16-9-8-10-17(2)26(16)24(27)18(3)29-25(28)23-21-13-6-4-11-19(21)15-20-12-5-7-14-22(20)23/h4-7,11-18H,8-10H2,1-3H3/t16-,17+,18-/m1/s1. The van der Waals surface area contributed by atoms with E-state index in [0.29, 0.717) is 5.56 Å². The maximum absolute atomic E-state index is 13.2. The van der Waals surface area contributed by atoms with Crippen LogP contribution in [0.4, 0.5) is 0 Å². The molecule has 1 saturated heterocycles. The summed E-state index contributed by atoms with van der Waals surface area (Å²) in [7, 11) is 0. The van der Waals surface area contributed by atoms with Crippen LogP contribution >= 0.6 is 0 Å². The molecule has 0 spiro atoms. The molecule has 0 aliphatic carbocycles. The number of esters is 1. The van der Waals surface area contributed by atoms with Gasteiger partial charge >= 0.3 is 5.97 Å². The number of hydrogen-bond donors (Lipinski definition) is 0. The summed E-state index contributed by atoms with van der Waals surface area (Å²) in [5.74, 6) is -0.557. The van der Waals surface area contributed by atoms with E-state index in [0.717, 1.165) is 40.8 Å². The van der Waals surface area contributed by atoms with E-state index < -0.39 is 12.1 Å². The molecule has 1 fully saturated rings. The number of nitrogens with zero attached hydrogens (tertiary/aromatic N) is 1. The van der Waals surface area contributed by atoms with Crippen molar-refractivity contribution in [1.29, 1.82) is 0 Å². The van der Waals surface area contributed by atoms with Crippen molar-refractivity contribution in [2.45, 2.75) is 58.2 Å². The first-order chi connectivity index (χ1) is 14.0. The van der Waals surface area contributed by atoms with Crippen LogP contribution in [-0.2, 0) is 9.53 Å². The highest BCUT2D eigenvalue weighted by Gasteiger charge is 2.33. The second-order valence-corrected chi connectivity index (χ2v) is 8.12. The molecule has 1 heterocycles. The maximum Gasteiger partial charge on any atom is 0.340 e. The quantitative estimate of drug-likeness (QED) is 0.449. The van der Waals surface area contributed by atoms with Crippen LogP contribution in [0.15, 0.2) is 54.6 Å². The third kappa shape index (κ3) is 3.59. The first-order valence-electron chi connectivity index (χ1n) is 10.4. The average molecular weight is 389 g/mol. The highest BCUT2D eigenvalue weighted by molar-refractivity contribution is 6.16. The van der Waals surface area contributed by atoms with Gasteiger partial charge in [0.1, 0.15) is 0 Å². The summed E-state index contributed by atoms with van der Waals surface area (Å²) in [5.41, 5.74) is 0.526. The molecule has 3 aromatic carbocycles. The fourth-order valence-electron chi connectivity index (χ4n) is 4.57. The molecule has 0 saturated carbocycles. The van der Waals surface area contributed by atoms with Crippen LogP contribution in [-0.4, -0.2) is 35.0 Å². The van der Waals surface area contributed by atoms with Gasteiger partial charge in [0, 0.05) is 12.1 Å². The Bertz CT molecular complexity index is 1010. The summed E-state index contributed by atoms with van der Waals surface area (Å²) >= 11 is 0. The number of amides is 1. The molecule has 0 N–H and O–H groups in total. The third-order valence-corrected chi connectivity index (χ3v) is 6.05. The number of benzene rings is 3. The summed E-state index contributed by atoms with van der Waals surface area (Å²) in [6, 6.07) is 18.0. The van der Waals surface area contributed by atoms with Crippen LogP contribution in [0, 0.1) is 0 Å². The fraction of sp³-hybridized carbons (Fsp3) is 0.360. The summed E-state index contributed by atoms with van der Waals surface area (Å²) < 4.78 is 5.73. The molecule has 29 heavy (non-hydrogen) atoms. The van der Waals surface area contributed by atoms with Crippen LogP contribution in [0.5, 0.6) is 0 Å². The number of carbonyl (C=O) groups is 2. The summed E-state index contributed by atoms with van der Waals surface area (Å²) in [5, 5.41) is 3.65. The van der Waals surface area contributed by atoms with Crippen molar-refractivity contribution in [3.05, 3.63) is 60.2 Å². The maximum atomic E-state index is 13.2. The number of piperidine rings is 1. The molecule has 0 unspecified atom stereocenters. The predicted octanol–water partition coefficient (Wildman–Crippen LogP) is 5.33. The van der Waals surface area contributed by atoms with Gasteiger partial charge in [-0.05, 0) is 67.6 Å². The summed E-state index contributed by atoms with van der Waals surface area (Å²) in [6.45, 7) is 5.82. The monoisotopic (exact) mass is 389 g/mol. The Hall–Kier alpha value is -2.88. The van der Waals surface area contributed by atoms with Crippen LogP contribution in [0.2, 0.25) is 0 Å². The number of likely N-dealkylation sites (tertiary alicyclic amines) is 1. The summed E-state index contributed by atoms with van der Waals surface area (Å²) in [4.78, 5) is 28.2. The van der Waals surface area contributed by atoms with Gasteiger partial charge in [-0.3, -0.25) is 4.79 Å². The van der Waals surface area contributed by atoms with E-state index in [1.165, 1.54) is 0 Å². The zero-order valence-electron chi connectivity index (χ0n) is 17.2. The molecular formula is C25H27NO3. The van der Waals surface area contributed by atoms with Crippen molar-refractivity contribution in [3.63, 3.8) is 0 Å². The first kappa shape index (κ1) is 19.4. The minimum atomic E-state index is -0.816. The third-order valence-electron chi connectivity index (χ3n) is 6.05. The van der Waals surface area contributed by atoms with Gasteiger partial charge in [0.2, 0.25) is 0 Å². The highest BCUT2D eigenvalue weighted by atomic mass is 16.5. The second-order valence-electron chi connectivity index (χ2n) is 8.12. The number of fused-ring (bicyclic) bond motifs is 2. The van der Waals surface area contributed by atoms with E-state index in [-0.39, 0.29) is 18.0 Å². The average Bonchev–Trinajstić information content (AvgIpc) is 2.71. The van der Waals surface area contributed by atoms with Gasteiger partial charge in [0.05, 0.1) is 5.56 Å². The van der Waals surface area contributed by atoms with Gasteiger partial charge < -0.3 is 9.64 Å². The van der Waals surface area contributed by atoms with Crippen LogP contribution in [0.25, 0.3) is 21.5 Å². The summed E-state index contributed by atoms with van der Waals surface area (Å²) in [6.07, 6.45) is 2.29. The Kier molecular flexibility index (Phi) is 5.27. The van der Waals surface area contributed by atoms with E-state index in [1.807, 2.05) is 53.4 Å². The van der Waals surface area contributed by atoms with Crippen LogP contribution in [0.1, 0.15) is 50.4 Å². The Morgan fingerprint density at radius 3 is 2.00 bits per heavy atom. The lowest BCUT2D eigenvalue weighted by atomic mass is 9.96. The van der Waals surface area contributed by atoms with Crippen molar-refractivity contribution in [2.75, 3.05) is 0 Å². The van der Waals surface area contributed by atoms with Gasteiger partial charge in [0.25, 0.3) is 5.91 Å². The number of hydrogen-bond acceptors (Lipinski definition) is 3. The van der Waals surface area contributed by atoms with E-state index >= 15 is 0 Å². The van der Waals surface area contributed by atoms with Gasteiger partial charge in [-0.2, -0.15) is 0 Å². The molecule has 4 heteroatoms. The van der Waals surface area contributed by atoms with Crippen molar-refractivity contribution in [2.24, 2.45) is 0 Å². The van der Waals surface area contributed by atoms with Crippen molar-refractivity contribution in [1.82, 2.24) is 4.90 Å². The van der Waals surface area contributed by atoms with E-state index in [1.54, 1.807) is 6.92 Å². The zero-order chi connectivity index (χ0) is 20.5. The normalized spacial score (nSPS) is 20.6. The van der Waals surface area contributed by atoms with Crippen molar-refractivity contribution >= 4 is 33.4 Å². The lowest BCUT2D eigenvalue weighted by Gasteiger charge is -2.40. The molecule has 4 rings (SSSR count). The van der Waals surface area contributed by atoms with Crippen molar-refractivity contribution in [3.8, 4) is 0 Å².